The van der Waals surface area contributed by atoms with Crippen LogP contribution in [0.15, 0.2) is 18.2 Å². The number of methoxy groups -OCH3 is 1. The number of hydrogen-bond donors (Lipinski definition) is 1. The summed E-state index contributed by atoms with van der Waals surface area (Å²) < 4.78 is 5.16. The summed E-state index contributed by atoms with van der Waals surface area (Å²) in [6.07, 6.45) is 0. The Morgan fingerprint density at radius 2 is 2.19 bits per heavy atom. The van der Waals surface area contributed by atoms with Crippen LogP contribution in [-0.4, -0.2) is 26.3 Å². The maximum atomic E-state index is 6.18. The van der Waals surface area contributed by atoms with E-state index < -0.39 is 0 Å². The van der Waals surface area contributed by atoms with Gasteiger partial charge in [-0.25, -0.2) is 0 Å². The first-order valence-electron chi connectivity index (χ1n) is 5.41. The summed E-state index contributed by atoms with van der Waals surface area (Å²) >= 11 is 6.18. The fourth-order valence-electron chi connectivity index (χ4n) is 1.86. The largest absolute Gasteiger partial charge is 0.397 e. The van der Waals surface area contributed by atoms with Crippen molar-refractivity contribution in [1.82, 2.24) is 0 Å². The zero-order valence-electron chi connectivity index (χ0n) is 10.0. The molecule has 1 rings (SSSR count). The van der Waals surface area contributed by atoms with Gasteiger partial charge in [-0.2, -0.15) is 0 Å². The molecule has 0 saturated carbocycles. The third-order valence-electron chi connectivity index (χ3n) is 2.59. The molecule has 4 heteroatoms. The van der Waals surface area contributed by atoms with Crippen molar-refractivity contribution in [3.8, 4) is 0 Å². The van der Waals surface area contributed by atoms with Crippen LogP contribution in [0, 0.1) is 0 Å². The van der Waals surface area contributed by atoms with E-state index in [1.807, 2.05) is 18.2 Å². The number of para-hydroxylation sites is 1. The number of nitrogens with zero attached hydrogens (tertiary/aromatic N) is 1. The lowest BCUT2D eigenvalue weighted by Gasteiger charge is -2.31. The Morgan fingerprint density at radius 3 is 2.69 bits per heavy atom. The fraction of sp³-hybridized carbons (Fsp3) is 0.500. The lowest BCUT2D eigenvalue weighted by molar-refractivity contribution is 0.182. The van der Waals surface area contributed by atoms with Crippen molar-refractivity contribution < 1.29 is 4.74 Å². The average molecular weight is 243 g/mol. The molecule has 0 radical (unpaired) electrons. The van der Waals surface area contributed by atoms with Crippen LogP contribution < -0.4 is 10.6 Å². The lowest BCUT2D eigenvalue weighted by atomic mass is 10.2. The number of rotatable bonds is 5. The molecule has 0 aromatic heterocycles. The second-order valence-electron chi connectivity index (χ2n) is 3.77. The van der Waals surface area contributed by atoms with Crippen LogP contribution in [0.4, 0.5) is 11.4 Å². The molecule has 16 heavy (non-hydrogen) atoms. The van der Waals surface area contributed by atoms with Gasteiger partial charge in [0.25, 0.3) is 0 Å². The number of benzene rings is 1. The van der Waals surface area contributed by atoms with Crippen molar-refractivity contribution in [1.29, 1.82) is 0 Å². The second-order valence-corrected chi connectivity index (χ2v) is 4.18. The molecule has 0 saturated heterocycles. The van der Waals surface area contributed by atoms with Gasteiger partial charge in [-0.3, -0.25) is 0 Å². The van der Waals surface area contributed by atoms with E-state index >= 15 is 0 Å². The molecule has 0 aliphatic rings. The molecule has 2 N–H and O–H groups in total. The maximum Gasteiger partial charge on any atom is 0.0792 e. The van der Waals surface area contributed by atoms with Gasteiger partial charge in [0, 0.05) is 19.7 Å². The highest BCUT2D eigenvalue weighted by Gasteiger charge is 2.17. The van der Waals surface area contributed by atoms with Gasteiger partial charge in [-0.15, -0.1) is 0 Å². The molecule has 0 aliphatic carbocycles. The smallest absolute Gasteiger partial charge is 0.0792 e. The van der Waals surface area contributed by atoms with Gasteiger partial charge in [-0.05, 0) is 26.0 Å². The molecule has 1 unspecified atom stereocenters. The summed E-state index contributed by atoms with van der Waals surface area (Å²) in [4.78, 5) is 2.15. The Hall–Kier alpha value is -0.930. The van der Waals surface area contributed by atoms with E-state index in [2.05, 4.69) is 18.7 Å². The Bertz CT molecular complexity index is 324. The van der Waals surface area contributed by atoms with E-state index in [0.717, 1.165) is 12.2 Å². The van der Waals surface area contributed by atoms with Crippen molar-refractivity contribution in [2.75, 3.05) is 30.9 Å². The van der Waals surface area contributed by atoms with E-state index in [1.54, 1.807) is 7.11 Å². The first kappa shape index (κ1) is 13.1. The highest BCUT2D eigenvalue weighted by Crippen LogP contribution is 2.32. The third-order valence-corrected chi connectivity index (χ3v) is 2.89. The molecule has 3 nitrogen and oxygen atoms in total. The molecule has 0 spiro atoms. The van der Waals surface area contributed by atoms with E-state index in [1.165, 1.54) is 0 Å². The van der Waals surface area contributed by atoms with E-state index in [4.69, 9.17) is 22.1 Å². The van der Waals surface area contributed by atoms with Gasteiger partial charge in [0.05, 0.1) is 23.0 Å². The lowest BCUT2D eigenvalue weighted by Crippen LogP contribution is -2.36. The summed E-state index contributed by atoms with van der Waals surface area (Å²) in [7, 11) is 1.69. The Balaban J connectivity index is 3.03. The highest BCUT2D eigenvalue weighted by molar-refractivity contribution is 6.34. The van der Waals surface area contributed by atoms with E-state index in [9.17, 15) is 0 Å². The summed E-state index contributed by atoms with van der Waals surface area (Å²) in [6.45, 7) is 5.67. The molecule has 0 heterocycles. The number of likely N-dealkylation sites (N-methyl/N-ethyl adjacent to an activating group) is 1. The molecule has 1 aromatic carbocycles. The Labute approximate surface area is 102 Å². The molecule has 0 aliphatic heterocycles. The number of nitrogens with two attached hydrogens (primary N) is 1. The van der Waals surface area contributed by atoms with Crippen LogP contribution in [0.2, 0.25) is 5.02 Å². The summed E-state index contributed by atoms with van der Waals surface area (Å²) in [5, 5.41) is 0.685. The fourth-order valence-corrected chi connectivity index (χ4v) is 2.15. The van der Waals surface area contributed by atoms with Crippen molar-refractivity contribution >= 4 is 23.0 Å². The average Bonchev–Trinajstić information content (AvgIpc) is 2.24. The topological polar surface area (TPSA) is 38.5 Å². The van der Waals surface area contributed by atoms with Crippen molar-refractivity contribution in [3.05, 3.63) is 23.2 Å². The Morgan fingerprint density at radius 1 is 1.50 bits per heavy atom. The van der Waals surface area contributed by atoms with Gasteiger partial charge in [0.2, 0.25) is 0 Å². The van der Waals surface area contributed by atoms with E-state index in [-0.39, 0.29) is 6.04 Å². The molecule has 1 aromatic rings. The Kier molecular flexibility index (Phi) is 4.90. The minimum Gasteiger partial charge on any atom is -0.397 e. The highest BCUT2D eigenvalue weighted by atomic mass is 35.5. The summed E-state index contributed by atoms with van der Waals surface area (Å²) in [6, 6.07) is 5.83. The van der Waals surface area contributed by atoms with Crippen LogP contribution in [0.3, 0.4) is 0 Å². The van der Waals surface area contributed by atoms with Gasteiger partial charge in [0.15, 0.2) is 0 Å². The van der Waals surface area contributed by atoms with E-state index in [0.29, 0.717) is 17.3 Å². The number of halogens is 1. The zero-order valence-corrected chi connectivity index (χ0v) is 10.8. The zero-order chi connectivity index (χ0) is 12.1. The molecule has 0 amide bonds. The predicted octanol–water partition coefficient (Wildman–Crippen LogP) is 2.78. The second kappa shape index (κ2) is 5.97. The van der Waals surface area contributed by atoms with Crippen molar-refractivity contribution in [2.24, 2.45) is 0 Å². The molecule has 90 valence electrons. The SMILES string of the molecule is CCN(c1c(N)cccc1Cl)C(C)COC. The van der Waals surface area contributed by atoms with Crippen LogP contribution in [0.5, 0.6) is 0 Å². The van der Waals surface area contributed by atoms with Gasteiger partial charge in [-0.1, -0.05) is 17.7 Å². The first-order valence-corrected chi connectivity index (χ1v) is 5.79. The predicted molar refractivity (Wildman–Crippen MR) is 70.2 cm³/mol. The quantitative estimate of drug-likeness (QED) is 0.807. The third kappa shape index (κ3) is 2.80. The molecule has 0 fully saturated rings. The number of ether oxygens (including phenoxy) is 1. The minimum atomic E-state index is 0.247. The van der Waals surface area contributed by atoms with Crippen molar-refractivity contribution in [2.45, 2.75) is 19.9 Å². The number of hydrogen-bond acceptors (Lipinski definition) is 3. The molecular formula is C12H19ClN2O. The molecular weight excluding hydrogens is 224 g/mol. The standard InChI is InChI=1S/C12H19ClN2O/c1-4-15(9(2)8-16-3)12-10(13)6-5-7-11(12)14/h5-7,9H,4,8,14H2,1-3H3. The van der Waals surface area contributed by atoms with Crippen LogP contribution >= 0.6 is 11.6 Å². The van der Waals surface area contributed by atoms with Crippen LogP contribution in [0.25, 0.3) is 0 Å². The van der Waals surface area contributed by atoms with Crippen molar-refractivity contribution in [3.63, 3.8) is 0 Å². The molecule has 1 atom stereocenters. The minimum absolute atomic E-state index is 0.247. The maximum absolute atomic E-state index is 6.18. The summed E-state index contributed by atoms with van der Waals surface area (Å²) in [5.41, 5.74) is 7.57. The number of anilines is 2. The van der Waals surface area contributed by atoms with Crippen LogP contribution in [0.1, 0.15) is 13.8 Å². The van der Waals surface area contributed by atoms with Gasteiger partial charge in [0.1, 0.15) is 0 Å². The number of nitrogen functional groups attached to an aromatic ring is 1. The molecule has 0 bridgehead atoms. The first-order chi connectivity index (χ1) is 7.61. The monoisotopic (exact) mass is 242 g/mol. The normalized spacial score (nSPS) is 12.5. The summed E-state index contributed by atoms with van der Waals surface area (Å²) in [5.74, 6) is 0. The van der Waals surface area contributed by atoms with Crippen LogP contribution in [-0.2, 0) is 4.74 Å². The van der Waals surface area contributed by atoms with Gasteiger partial charge < -0.3 is 15.4 Å². The van der Waals surface area contributed by atoms with Gasteiger partial charge >= 0.3 is 0 Å².